The Labute approximate surface area is 215 Å². The largest absolute Gasteiger partial charge is 0.493 e. The molecule has 36 heavy (non-hydrogen) atoms. The van der Waals surface area contributed by atoms with Gasteiger partial charge in [0.05, 0.1) is 46.1 Å². The molecule has 0 bridgehead atoms. The highest BCUT2D eigenvalue weighted by molar-refractivity contribution is 7.99. The third-order valence-electron chi connectivity index (χ3n) is 5.19. The van der Waals surface area contributed by atoms with Gasteiger partial charge in [0, 0.05) is 31.0 Å². The van der Waals surface area contributed by atoms with Crippen LogP contribution in [0, 0.1) is 0 Å². The number of nitrogens with zero attached hydrogens (tertiary/aromatic N) is 4. The molecule has 11 nitrogen and oxygen atoms in total. The molecule has 0 aliphatic carbocycles. The fraction of sp³-hybridized carbons (Fsp3) is 0.500. The van der Waals surface area contributed by atoms with Crippen molar-refractivity contribution in [1.82, 2.24) is 25.1 Å². The van der Waals surface area contributed by atoms with Crippen LogP contribution in [0.15, 0.2) is 23.5 Å². The van der Waals surface area contributed by atoms with E-state index in [1.54, 1.807) is 34.8 Å². The number of aromatic nitrogens is 4. The summed E-state index contributed by atoms with van der Waals surface area (Å²) >= 11 is 1.60. The van der Waals surface area contributed by atoms with Gasteiger partial charge in [0.25, 0.3) is 5.91 Å². The normalized spacial score (nSPS) is 10.9. The monoisotopic (exact) mass is 518 g/mol. The van der Waals surface area contributed by atoms with Crippen molar-refractivity contribution >= 4 is 34.5 Å². The average Bonchev–Trinajstić information content (AvgIpc) is 3.31. The minimum absolute atomic E-state index is 0.266. The van der Waals surface area contributed by atoms with Crippen molar-refractivity contribution in [2.24, 2.45) is 0 Å². The third kappa shape index (κ3) is 6.70. The summed E-state index contributed by atoms with van der Waals surface area (Å²) in [5.41, 5.74) is 1.11. The van der Waals surface area contributed by atoms with E-state index in [1.807, 2.05) is 6.92 Å². The zero-order chi connectivity index (χ0) is 25.9. The van der Waals surface area contributed by atoms with E-state index < -0.39 is 0 Å². The molecular weight excluding hydrogens is 484 g/mol. The first-order chi connectivity index (χ1) is 17.6. The molecule has 3 rings (SSSR count). The quantitative estimate of drug-likeness (QED) is 0.176. The zero-order valence-corrected chi connectivity index (χ0v) is 22.2. The Kier molecular flexibility index (Phi) is 10.4. The van der Waals surface area contributed by atoms with Crippen LogP contribution in [0.2, 0.25) is 0 Å². The van der Waals surface area contributed by atoms with Crippen LogP contribution in [0.4, 0.5) is 5.82 Å². The molecule has 0 saturated carbocycles. The lowest BCUT2D eigenvalue weighted by Crippen LogP contribution is -2.27. The van der Waals surface area contributed by atoms with Gasteiger partial charge in [-0.05, 0) is 25.5 Å². The molecule has 0 fully saturated rings. The van der Waals surface area contributed by atoms with E-state index in [0.717, 1.165) is 23.4 Å². The smallest absolute Gasteiger partial charge is 0.251 e. The molecule has 2 aromatic heterocycles. The standard InChI is InChI=1S/C24H34N6O5S/c1-6-12-36-24-28-21(25-9-11-35-7-2)17-15-27-30(22(17)29-24)10-8-26-23(31)16-13-18(32-3)20(34-5)19(14-16)33-4/h13-15H,6-12H2,1-5H3,(H,26,31)(H,25,28,29). The number of rotatable bonds is 15. The number of ether oxygens (including phenoxy) is 4. The topological polar surface area (TPSA) is 122 Å². The summed E-state index contributed by atoms with van der Waals surface area (Å²) in [6.45, 7) is 6.75. The Bertz CT molecular complexity index is 1130. The maximum atomic E-state index is 12.8. The van der Waals surface area contributed by atoms with Crippen molar-refractivity contribution in [3.8, 4) is 17.2 Å². The Hall–Kier alpha value is -3.25. The Morgan fingerprint density at radius 2 is 1.81 bits per heavy atom. The number of hydrogen-bond acceptors (Lipinski definition) is 10. The van der Waals surface area contributed by atoms with E-state index in [4.69, 9.17) is 23.9 Å². The second-order valence-electron chi connectivity index (χ2n) is 7.60. The lowest BCUT2D eigenvalue weighted by Gasteiger charge is -2.14. The summed E-state index contributed by atoms with van der Waals surface area (Å²) in [6, 6.07) is 3.23. The molecule has 0 aliphatic heterocycles. The maximum Gasteiger partial charge on any atom is 0.251 e. The second kappa shape index (κ2) is 13.7. The van der Waals surface area contributed by atoms with Gasteiger partial charge >= 0.3 is 0 Å². The number of fused-ring (bicyclic) bond motifs is 1. The summed E-state index contributed by atoms with van der Waals surface area (Å²) in [5.74, 6) is 2.64. The van der Waals surface area contributed by atoms with Gasteiger partial charge in [-0.1, -0.05) is 18.7 Å². The number of carbonyl (C=O) groups excluding carboxylic acids is 1. The molecule has 1 amide bonds. The molecule has 0 saturated heterocycles. The van der Waals surface area contributed by atoms with Gasteiger partial charge in [0.2, 0.25) is 5.75 Å². The lowest BCUT2D eigenvalue weighted by atomic mass is 10.1. The van der Waals surface area contributed by atoms with Crippen molar-refractivity contribution in [2.75, 3.05) is 58.7 Å². The number of hydrogen-bond donors (Lipinski definition) is 2. The predicted octanol–water partition coefficient (Wildman–Crippen LogP) is 3.23. The zero-order valence-electron chi connectivity index (χ0n) is 21.4. The lowest BCUT2D eigenvalue weighted by molar-refractivity contribution is 0.0951. The fourth-order valence-electron chi connectivity index (χ4n) is 3.47. The van der Waals surface area contributed by atoms with Crippen LogP contribution < -0.4 is 24.8 Å². The van der Waals surface area contributed by atoms with Crippen molar-refractivity contribution < 1.29 is 23.7 Å². The summed E-state index contributed by atoms with van der Waals surface area (Å²) < 4.78 is 23.2. The van der Waals surface area contributed by atoms with Crippen LogP contribution in [0.5, 0.6) is 17.2 Å². The molecule has 12 heteroatoms. The first kappa shape index (κ1) is 27.3. The van der Waals surface area contributed by atoms with E-state index in [2.05, 4.69) is 27.6 Å². The molecule has 0 radical (unpaired) electrons. The van der Waals surface area contributed by atoms with Gasteiger partial charge in [-0.15, -0.1) is 0 Å². The minimum atomic E-state index is -0.266. The number of amides is 1. The maximum absolute atomic E-state index is 12.8. The highest BCUT2D eigenvalue weighted by Gasteiger charge is 2.17. The number of nitrogens with one attached hydrogen (secondary N) is 2. The van der Waals surface area contributed by atoms with Gasteiger partial charge < -0.3 is 29.6 Å². The van der Waals surface area contributed by atoms with Crippen LogP contribution in [-0.4, -0.2) is 79.0 Å². The molecule has 0 aliphatic rings. The molecule has 2 heterocycles. The molecule has 0 atom stereocenters. The van der Waals surface area contributed by atoms with E-state index in [-0.39, 0.29) is 5.91 Å². The minimum Gasteiger partial charge on any atom is -0.493 e. The van der Waals surface area contributed by atoms with Crippen molar-refractivity contribution in [1.29, 1.82) is 0 Å². The van der Waals surface area contributed by atoms with Gasteiger partial charge in [-0.25, -0.2) is 14.6 Å². The number of thioether (sulfide) groups is 1. The van der Waals surface area contributed by atoms with Crippen molar-refractivity contribution in [3.05, 3.63) is 23.9 Å². The molecule has 3 aromatic rings. The SMILES string of the molecule is CCCSc1nc(NCCOCC)c2cnn(CCNC(=O)c3cc(OC)c(OC)c(OC)c3)c2n1. The second-order valence-corrected chi connectivity index (χ2v) is 8.66. The van der Waals surface area contributed by atoms with Gasteiger partial charge in [0.15, 0.2) is 22.3 Å². The first-order valence-electron chi connectivity index (χ1n) is 11.8. The number of benzene rings is 1. The highest BCUT2D eigenvalue weighted by atomic mass is 32.2. The van der Waals surface area contributed by atoms with E-state index in [0.29, 0.717) is 66.5 Å². The van der Waals surface area contributed by atoms with Crippen LogP contribution in [0.3, 0.4) is 0 Å². The molecule has 0 unspecified atom stereocenters. The molecular formula is C24H34N6O5S. The molecule has 0 spiro atoms. The van der Waals surface area contributed by atoms with E-state index in [1.165, 1.54) is 21.3 Å². The van der Waals surface area contributed by atoms with Crippen molar-refractivity contribution in [2.45, 2.75) is 32.0 Å². The first-order valence-corrected chi connectivity index (χ1v) is 12.8. The van der Waals surface area contributed by atoms with Crippen LogP contribution >= 0.6 is 11.8 Å². The van der Waals surface area contributed by atoms with E-state index >= 15 is 0 Å². The number of methoxy groups -OCH3 is 3. The van der Waals surface area contributed by atoms with Crippen molar-refractivity contribution in [3.63, 3.8) is 0 Å². The molecule has 1 aromatic carbocycles. The van der Waals surface area contributed by atoms with Gasteiger partial charge in [-0.2, -0.15) is 5.10 Å². The Morgan fingerprint density at radius 1 is 1.06 bits per heavy atom. The Morgan fingerprint density at radius 3 is 2.44 bits per heavy atom. The van der Waals surface area contributed by atoms with Gasteiger partial charge in [0.1, 0.15) is 5.82 Å². The molecule has 2 N–H and O–H groups in total. The number of anilines is 1. The summed E-state index contributed by atoms with van der Waals surface area (Å²) in [4.78, 5) is 22.2. The molecule has 196 valence electrons. The summed E-state index contributed by atoms with van der Waals surface area (Å²) in [6.07, 6.45) is 2.76. The van der Waals surface area contributed by atoms with Crippen LogP contribution in [0.25, 0.3) is 11.0 Å². The highest BCUT2D eigenvalue weighted by Crippen LogP contribution is 2.38. The average molecular weight is 519 g/mol. The summed E-state index contributed by atoms with van der Waals surface area (Å²) in [5, 5.41) is 12.3. The van der Waals surface area contributed by atoms with E-state index in [9.17, 15) is 4.79 Å². The van der Waals surface area contributed by atoms with Crippen LogP contribution in [0.1, 0.15) is 30.6 Å². The van der Waals surface area contributed by atoms with Crippen LogP contribution in [-0.2, 0) is 11.3 Å². The fourth-order valence-corrected chi connectivity index (χ4v) is 4.16. The third-order valence-corrected chi connectivity index (χ3v) is 6.24. The van der Waals surface area contributed by atoms with Gasteiger partial charge in [-0.3, -0.25) is 4.79 Å². The predicted molar refractivity (Wildman–Crippen MR) is 140 cm³/mol. The summed E-state index contributed by atoms with van der Waals surface area (Å²) in [7, 11) is 4.54. The Balaban J connectivity index is 1.74. The number of carbonyl (C=O) groups is 1.